The summed E-state index contributed by atoms with van der Waals surface area (Å²) >= 11 is 5.88. The van der Waals surface area contributed by atoms with E-state index in [2.05, 4.69) is 38.2 Å². The summed E-state index contributed by atoms with van der Waals surface area (Å²) in [6, 6.07) is 0. The predicted molar refractivity (Wildman–Crippen MR) is 159 cm³/mol. The molecule has 0 spiro atoms. The van der Waals surface area contributed by atoms with Gasteiger partial charge in [0.25, 0.3) is 0 Å². The molecule has 0 aliphatic heterocycles. The van der Waals surface area contributed by atoms with E-state index < -0.39 is 0 Å². The standard InChI is InChI=1S/C24H50S.C2H6OS.3Na/c1-3-5-7-9-11-13-15-17-19-21-23-25-24-22-20-18-16-14-12-10-8-6-4-2;3-1-2-4;;;/h3-24H2,1-2H3;3-4H,1-2H2;;;. The van der Waals surface area contributed by atoms with Crippen molar-refractivity contribution in [2.45, 2.75) is 142 Å². The molecule has 0 amide bonds. The first-order chi connectivity index (χ1) is 14.3. The van der Waals surface area contributed by atoms with Crippen molar-refractivity contribution >= 4 is 113 Å². The molecule has 1 nitrogen and oxygen atoms in total. The van der Waals surface area contributed by atoms with E-state index in [1.165, 1.54) is 140 Å². The Labute approximate surface area is 280 Å². The van der Waals surface area contributed by atoms with Crippen molar-refractivity contribution in [1.82, 2.24) is 0 Å². The molecule has 32 heavy (non-hydrogen) atoms. The van der Waals surface area contributed by atoms with Gasteiger partial charge in [0.2, 0.25) is 0 Å². The van der Waals surface area contributed by atoms with Gasteiger partial charge >= 0.3 is 0 Å². The van der Waals surface area contributed by atoms with E-state index in [4.69, 9.17) is 5.11 Å². The predicted octanol–water partition coefficient (Wildman–Crippen LogP) is 8.33. The van der Waals surface area contributed by atoms with E-state index >= 15 is 0 Å². The Morgan fingerprint density at radius 3 is 0.906 bits per heavy atom. The van der Waals surface area contributed by atoms with Crippen molar-refractivity contribution in [3.63, 3.8) is 0 Å². The fourth-order valence-electron chi connectivity index (χ4n) is 3.49. The molecule has 0 saturated carbocycles. The zero-order valence-corrected chi connectivity index (χ0v) is 31.0. The summed E-state index contributed by atoms with van der Waals surface area (Å²) in [5.74, 6) is 3.39. The number of thiol groups is 1. The minimum absolute atomic E-state index is 0. The van der Waals surface area contributed by atoms with E-state index in [0.717, 1.165) is 0 Å². The fraction of sp³-hybridized carbons (Fsp3) is 1.00. The maximum Gasteiger partial charge on any atom is 0.0519 e. The molecule has 0 aromatic carbocycles. The van der Waals surface area contributed by atoms with Gasteiger partial charge in [-0.1, -0.05) is 129 Å². The average molecular weight is 518 g/mol. The summed E-state index contributed by atoms with van der Waals surface area (Å²) in [7, 11) is 0. The summed E-state index contributed by atoms with van der Waals surface area (Å²) in [6.07, 6.45) is 29.2. The number of unbranched alkanes of at least 4 members (excludes halogenated alkanes) is 18. The molecule has 6 heteroatoms. The zero-order valence-electron chi connectivity index (χ0n) is 23.3. The van der Waals surface area contributed by atoms with Crippen LogP contribution in [0.5, 0.6) is 0 Å². The molecule has 0 rings (SSSR count). The summed E-state index contributed by atoms with van der Waals surface area (Å²) in [4.78, 5) is 0. The molecule has 0 aromatic rings. The first-order valence-corrected chi connectivity index (χ1v) is 14.9. The van der Waals surface area contributed by atoms with Crippen molar-refractivity contribution in [2.75, 3.05) is 23.9 Å². The van der Waals surface area contributed by atoms with Gasteiger partial charge in [-0.3, -0.25) is 0 Å². The van der Waals surface area contributed by atoms with Crippen LogP contribution in [0, 0.1) is 0 Å². The second-order valence-electron chi connectivity index (χ2n) is 8.42. The monoisotopic (exact) mass is 517 g/mol. The minimum atomic E-state index is 0. The van der Waals surface area contributed by atoms with Gasteiger partial charge in [-0.2, -0.15) is 24.4 Å². The van der Waals surface area contributed by atoms with Crippen LogP contribution in [-0.2, 0) is 0 Å². The number of hydrogen-bond donors (Lipinski definition) is 2. The van der Waals surface area contributed by atoms with Gasteiger partial charge in [0.05, 0.1) is 6.61 Å². The number of rotatable bonds is 23. The molecule has 0 fully saturated rings. The van der Waals surface area contributed by atoms with E-state index in [-0.39, 0.29) is 95.3 Å². The van der Waals surface area contributed by atoms with Crippen molar-refractivity contribution in [2.24, 2.45) is 0 Å². The molecule has 0 bridgehead atoms. The van der Waals surface area contributed by atoms with Crippen molar-refractivity contribution in [1.29, 1.82) is 0 Å². The maximum atomic E-state index is 7.80. The van der Waals surface area contributed by atoms with Crippen molar-refractivity contribution < 1.29 is 5.11 Å². The number of thioether (sulfide) groups is 1. The van der Waals surface area contributed by atoms with Crippen molar-refractivity contribution in [3.8, 4) is 0 Å². The molecule has 1 N–H and O–H groups in total. The molecular weight excluding hydrogens is 461 g/mol. The van der Waals surface area contributed by atoms with Crippen LogP contribution in [0.3, 0.4) is 0 Å². The Bertz CT molecular complexity index is 239. The Morgan fingerprint density at radius 1 is 0.469 bits per heavy atom. The number of aliphatic hydroxyl groups is 1. The molecule has 0 saturated heterocycles. The first-order valence-electron chi connectivity index (χ1n) is 13.1. The van der Waals surface area contributed by atoms with Gasteiger partial charge in [-0.25, -0.2) is 0 Å². The smallest absolute Gasteiger partial charge is 0.0519 e. The largest absolute Gasteiger partial charge is 0.396 e. The second-order valence-corrected chi connectivity index (χ2v) is 10.1. The Kier molecular flexibility index (Phi) is 68.1. The molecule has 181 valence electrons. The molecule has 0 aliphatic carbocycles. The van der Waals surface area contributed by atoms with Gasteiger partial charge < -0.3 is 5.11 Å². The second kappa shape index (κ2) is 47.8. The van der Waals surface area contributed by atoms with Crippen LogP contribution in [0.4, 0.5) is 0 Å². The van der Waals surface area contributed by atoms with Crippen LogP contribution in [-0.4, -0.2) is 118 Å². The van der Waals surface area contributed by atoms with Crippen LogP contribution in [0.15, 0.2) is 0 Å². The van der Waals surface area contributed by atoms with Crippen molar-refractivity contribution in [3.05, 3.63) is 0 Å². The first kappa shape index (κ1) is 45.6. The van der Waals surface area contributed by atoms with E-state index in [1.54, 1.807) is 0 Å². The summed E-state index contributed by atoms with van der Waals surface area (Å²) in [5.41, 5.74) is 0. The molecular formula is C26H56Na3OS2. The Morgan fingerprint density at radius 2 is 0.688 bits per heavy atom. The van der Waals surface area contributed by atoms with Gasteiger partial charge in [0.15, 0.2) is 0 Å². The summed E-state index contributed by atoms with van der Waals surface area (Å²) in [6.45, 7) is 4.78. The number of hydrogen-bond acceptors (Lipinski definition) is 3. The van der Waals surface area contributed by atoms with Gasteiger partial charge in [-0.15, -0.1) is 0 Å². The van der Waals surface area contributed by atoms with Gasteiger partial charge in [0.1, 0.15) is 0 Å². The van der Waals surface area contributed by atoms with E-state index in [9.17, 15) is 0 Å². The SMILES string of the molecule is CCCCCCCCCCCCSCCCCCCCCCCCC.OCCS.[Na].[Na].[Na]. The van der Waals surface area contributed by atoms with E-state index in [1.807, 2.05) is 0 Å². The van der Waals surface area contributed by atoms with Gasteiger partial charge in [0, 0.05) is 94.4 Å². The molecule has 0 unspecified atom stereocenters. The zero-order chi connectivity index (χ0) is 21.7. The van der Waals surface area contributed by atoms with Crippen LogP contribution in [0.1, 0.15) is 142 Å². The normalized spacial score (nSPS) is 9.75. The van der Waals surface area contributed by atoms with Gasteiger partial charge in [-0.05, 0) is 24.3 Å². The Hall–Kier alpha value is 3.66. The summed E-state index contributed by atoms with van der Waals surface area (Å²) < 4.78 is 0. The molecule has 0 aliphatic rings. The maximum absolute atomic E-state index is 7.80. The molecule has 0 aromatic heterocycles. The van der Waals surface area contributed by atoms with Crippen LogP contribution in [0.2, 0.25) is 0 Å². The van der Waals surface area contributed by atoms with Crippen LogP contribution < -0.4 is 0 Å². The topological polar surface area (TPSA) is 20.2 Å². The van der Waals surface area contributed by atoms with Crippen LogP contribution in [0.25, 0.3) is 0 Å². The third-order valence-corrected chi connectivity index (χ3v) is 6.74. The summed E-state index contributed by atoms with van der Waals surface area (Å²) in [5, 5.41) is 7.80. The Balaban J connectivity index is -0.000000318. The minimum Gasteiger partial charge on any atom is -0.396 e. The molecule has 3 radical (unpaired) electrons. The quantitative estimate of drug-likeness (QED) is 0.0807. The molecule has 0 atom stereocenters. The van der Waals surface area contributed by atoms with E-state index in [0.29, 0.717) is 5.75 Å². The molecule has 0 heterocycles. The number of aliphatic hydroxyl groups excluding tert-OH is 1. The third kappa shape index (κ3) is 50.5. The third-order valence-electron chi connectivity index (χ3n) is 5.38. The van der Waals surface area contributed by atoms with Crippen LogP contribution >= 0.6 is 24.4 Å². The fourth-order valence-corrected chi connectivity index (χ4v) is 4.51. The average Bonchev–Trinajstić information content (AvgIpc) is 2.75.